The van der Waals surface area contributed by atoms with Crippen molar-refractivity contribution < 1.29 is 9.13 Å². The fourth-order valence-electron chi connectivity index (χ4n) is 1.83. The molecule has 2 heterocycles. The maximum Gasteiger partial charge on any atom is 0.170 e. The number of aromatic nitrogens is 4. The summed E-state index contributed by atoms with van der Waals surface area (Å²) in [5, 5.41) is 4.78. The molecule has 3 aromatic rings. The highest BCUT2D eigenvalue weighted by molar-refractivity contribution is 5.84. The first-order valence-electron chi connectivity index (χ1n) is 5.96. The van der Waals surface area contributed by atoms with Crippen molar-refractivity contribution in [2.24, 2.45) is 7.05 Å². The van der Waals surface area contributed by atoms with Gasteiger partial charge in [0.25, 0.3) is 0 Å². The van der Waals surface area contributed by atoms with Gasteiger partial charge in [-0.3, -0.25) is 4.68 Å². The lowest BCUT2D eigenvalue weighted by Crippen LogP contribution is -2.06. The normalized spacial score (nSPS) is 10.9. The molecule has 20 heavy (non-hydrogen) atoms. The predicted octanol–water partition coefficient (Wildman–Crippen LogP) is 1.66. The van der Waals surface area contributed by atoms with E-state index < -0.39 is 0 Å². The van der Waals surface area contributed by atoms with Crippen molar-refractivity contribution in [2.45, 2.75) is 6.61 Å². The molecule has 0 aliphatic carbocycles. The second kappa shape index (κ2) is 4.76. The van der Waals surface area contributed by atoms with Crippen molar-refractivity contribution in [3.05, 3.63) is 42.1 Å². The van der Waals surface area contributed by atoms with Gasteiger partial charge in [-0.25, -0.2) is 14.4 Å². The van der Waals surface area contributed by atoms with Crippen LogP contribution in [0.2, 0.25) is 0 Å². The molecule has 0 amide bonds. The van der Waals surface area contributed by atoms with Gasteiger partial charge in [-0.05, 0) is 24.3 Å². The second-order valence-corrected chi connectivity index (χ2v) is 4.27. The fourth-order valence-corrected chi connectivity index (χ4v) is 1.83. The van der Waals surface area contributed by atoms with E-state index in [1.54, 1.807) is 30.1 Å². The molecule has 102 valence electrons. The topological polar surface area (TPSA) is 78.9 Å². The van der Waals surface area contributed by atoms with Crippen LogP contribution in [0.5, 0.6) is 5.75 Å². The molecule has 0 saturated heterocycles. The van der Waals surface area contributed by atoms with Crippen LogP contribution >= 0.6 is 0 Å². The molecular formula is C13H12FN5O. The minimum atomic E-state index is -0.311. The van der Waals surface area contributed by atoms with Gasteiger partial charge in [0.1, 0.15) is 24.0 Å². The summed E-state index contributed by atoms with van der Waals surface area (Å²) in [7, 11) is 1.78. The molecule has 0 fully saturated rings. The fraction of sp³-hybridized carbons (Fsp3) is 0.154. The van der Waals surface area contributed by atoms with E-state index in [1.165, 1.54) is 12.1 Å². The molecule has 2 N–H and O–H groups in total. The van der Waals surface area contributed by atoms with E-state index in [1.807, 2.05) is 0 Å². The van der Waals surface area contributed by atoms with Gasteiger partial charge >= 0.3 is 0 Å². The Morgan fingerprint density at radius 1 is 1.25 bits per heavy atom. The van der Waals surface area contributed by atoms with E-state index >= 15 is 0 Å². The smallest absolute Gasteiger partial charge is 0.170 e. The summed E-state index contributed by atoms with van der Waals surface area (Å²) in [6.45, 7) is 0.150. The van der Waals surface area contributed by atoms with E-state index in [9.17, 15) is 4.39 Å². The summed E-state index contributed by atoms with van der Waals surface area (Å²) in [5.74, 6) is 1.04. The van der Waals surface area contributed by atoms with E-state index in [0.29, 0.717) is 28.4 Å². The number of benzene rings is 1. The van der Waals surface area contributed by atoms with Gasteiger partial charge < -0.3 is 10.5 Å². The zero-order valence-electron chi connectivity index (χ0n) is 10.7. The molecule has 0 atom stereocenters. The van der Waals surface area contributed by atoms with Gasteiger partial charge in [-0.2, -0.15) is 5.10 Å². The first kappa shape index (κ1) is 12.3. The Morgan fingerprint density at radius 3 is 2.75 bits per heavy atom. The first-order valence-corrected chi connectivity index (χ1v) is 5.96. The highest BCUT2D eigenvalue weighted by Crippen LogP contribution is 2.18. The van der Waals surface area contributed by atoms with Crippen molar-refractivity contribution in [2.75, 3.05) is 5.73 Å². The molecule has 3 rings (SSSR count). The lowest BCUT2D eigenvalue weighted by molar-refractivity contribution is 0.296. The summed E-state index contributed by atoms with van der Waals surface area (Å²) in [4.78, 5) is 8.50. The van der Waals surface area contributed by atoms with Crippen LogP contribution in [0.15, 0.2) is 30.5 Å². The van der Waals surface area contributed by atoms with Gasteiger partial charge in [0.05, 0.1) is 11.6 Å². The number of nitrogen functional groups attached to an aromatic ring is 1. The quantitative estimate of drug-likeness (QED) is 0.785. The van der Waals surface area contributed by atoms with Crippen LogP contribution < -0.4 is 10.5 Å². The minimum absolute atomic E-state index is 0.150. The van der Waals surface area contributed by atoms with Crippen LogP contribution in [-0.2, 0) is 13.7 Å². The Kier molecular flexibility index (Phi) is 2.94. The van der Waals surface area contributed by atoms with Crippen LogP contribution in [-0.4, -0.2) is 19.7 Å². The molecule has 0 spiro atoms. The van der Waals surface area contributed by atoms with Crippen molar-refractivity contribution >= 4 is 16.9 Å². The molecule has 0 saturated carbocycles. The van der Waals surface area contributed by atoms with Crippen LogP contribution in [0.4, 0.5) is 10.2 Å². The first-order chi connectivity index (χ1) is 9.63. The SMILES string of the molecule is Cn1ncc2c(N)nc(COc3ccc(F)cc3)nc21. The maximum atomic E-state index is 12.8. The number of halogens is 1. The van der Waals surface area contributed by atoms with Crippen molar-refractivity contribution in [3.8, 4) is 5.75 Å². The van der Waals surface area contributed by atoms with Crippen molar-refractivity contribution in [1.29, 1.82) is 0 Å². The van der Waals surface area contributed by atoms with Crippen LogP contribution in [0.25, 0.3) is 11.0 Å². The average molecular weight is 273 g/mol. The standard InChI is InChI=1S/C13H12FN5O/c1-19-13-10(6-16-19)12(15)17-11(18-13)7-20-9-4-2-8(14)3-5-9/h2-6H,7H2,1H3,(H2,15,17,18). The number of anilines is 1. The number of hydrogen-bond acceptors (Lipinski definition) is 5. The summed E-state index contributed by atoms with van der Waals surface area (Å²) >= 11 is 0. The minimum Gasteiger partial charge on any atom is -0.486 e. The van der Waals surface area contributed by atoms with Crippen molar-refractivity contribution in [1.82, 2.24) is 19.7 Å². The largest absolute Gasteiger partial charge is 0.486 e. The predicted molar refractivity (Wildman–Crippen MR) is 71.4 cm³/mol. The molecule has 0 unspecified atom stereocenters. The third-order valence-electron chi connectivity index (χ3n) is 2.85. The molecular weight excluding hydrogens is 261 g/mol. The molecule has 0 radical (unpaired) electrons. The number of fused-ring (bicyclic) bond motifs is 1. The summed E-state index contributed by atoms with van der Waals surface area (Å²) < 4.78 is 19.9. The van der Waals surface area contributed by atoms with Crippen LogP contribution in [0.1, 0.15) is 5.82 Å². The molecule has 2 aromatic heterocycles. The number of nitrogens with zero attached hydrogens (tertiary/aromatic N) is 4. The van der Waals surface area contributed by atoms with Crippen molar-refractivity contribution in [3.63, 3.8) is 0 Å². The van der Waals surface area contributed by atoms with Gasteiger partial charge in [-0.15, -0.1) is 0 Å². The molecule has 6 nitrogen and oxygen atoms in total. The van der Waals surface area contributed by atoms with Gasteiger partial charge in [-0.1, -0.05) is 0 Å². The van der Waals surface area contributed by atoms with Gasteiger partial charge in [0, 0.05) is 7.05 Å². The Hall–Kier alpha value is -2.70. The zero-order valence-corrected chi connectivity index (χ0v) is 10.7. The maximum absolute atomic E-state index is 12.8. The lowest BCUT2D eigenvalue weighted by atomic mass is 10.3. The molecule has 0 bridgehead atoms. The second-order valence-electron chi connectivity index (χ2n) is 4.27. The monoisotopic (exact) mass is 273 g/mol. The average Bonchev–Trinajstić information content (AvgIpc) is 2.81. The Labute approximate surface area is 114 Å². The summed E-state index contributed by atoms with van der Waals surface area (Å²) in [6.07, 6.45) is 1.62. The van der Waals surface area contributed by atoms with Crippen LogP contribution in [0.3, 0.4) is 0 Å². The number of nitrogens with two attached hydrogens (primary N) is 1. The van der Waals surface area contributed by atoms with Gasteiger partial charge in [0.15, 0.2) is 11.5 Å². The summed E-state index contributed by atoms with van der Waals surface area (Å²) in [6, 6.07) is 5.74. The molecule has 1 aromatic carbocycles. The number of hydrogen-bond donors (Lipinski definition) is 1. The highest BCUT2D eigenvalue weighted by atomic mass is 19.1. The summed E-state index contributed by atoms with van der Waals surface area (Å²) in [5.41, 5.74) is 6.50. The zero-order chi connectivity index (χ0) is 14.1. The van der Waals surface area contributed by atoms with E-state index in [4.69, 9.17) is 10.5 Å². The molecule has 7 heteroatoms. The number of rotatable bonds is 3. The van der Waals surface area contributed by atoms with E-state index in [2.05, 4.69) is 15.1 Å². The van der Waals surface area contributed by atoms with E-state index in [-0.39, 0.29) is 12.4 Å². The Balaban J connectivity index is 1.83. The van der Waals surface area contributed by atoms with Crippen LogP contribution in [0, 0.1) is 5.82 Å². The van der Waals surface area contributed by atoms with Gasteiger partial charge in [0.2, 0.25) is 0 Å². The highest BCUT2D eigenvalue weighted by Gasteiger charge is 2.09. The number of ether oxygens (including phenoxy) is 1. The number of aryl methyl sites for hydroxylation is 1. The Bertz CT molecular complexity index is 753. The third-order valence-corrected chi connectivity index (χ3v) is 2.85. The third kappa shape index (κ3) is 2.25. The van der Waals surface area contributed by atoms with E-state index in [0.717, 1.165) is 0 Å². The Morgan fingerprint density at radius 2 is 2.00 bits per heavy atom. The molecule has 0 aliphatic heterocycles. The lowest BCUT2D eigenvalue weighted by Gasteiger charge is -2.06. The molecule has 0 aliphatic rings.